The number of benzene rings is 4. The van der Waals surface area contributed by atoms with E-state index in [9.17, 15) is 19.8 Å². The van der Waals surface area contributed by atoms with Crippen molar-refractivity contribution < 1.29 is 19.8 Å². The summed E-state index contributed by atoms with van der Waals surface area (Å²) in [4.78, 5) is 23.5. The van der Waals surface area contributed by atoms with Gasteiger partial charge in [-0.1, -0.05) is 48.5 Å². The quantitative estimate of drug-likeness (QED) is 0.289. The maximum Gasteiger partial charge on any atom is 0.337 e. The van der Waals surface area contributed by atoms with E-state index in [0.717, 1.165) is 27.8 Å². The van der Waals surface area contributed by atoms with E-state index >= 15 is 0 Å². The Bertz CT molecular complexity index is 1470. The SMILES string of the molecule is Nc1ccc(-c2ccc3c(c2-c2ccc(N)c(C(=O)O)c2)Cc2ccccc2-3)cc1C(=O)O. The molecule has 4 aromatic carbocycles. The molecular weight excluding hydrogens is 416 g/mol. The molecule has 0 fully saturated rings. The normalized spacial score (nSPS) is 11.6. The van der Waals surface area contributed by atoms with Gasteiger partial charge in [-0.05, 0) is 75.2 Å². The fraction of sp³-hybridized carbons (Fsp3) is 0.0370. The minimum atomic E-state index is -1.11. The molecule has 0 atom stereocenters. The Morgan fingerprint density at radius 1 is 0.667 bits per heavy atom. The highest BCUT2D eigenvalue weighted by molar-refractivity contribution is 6.00. The molecule has 1 aliphatic rings. The van der Waals surface area contributed by atoms with Crippen molar-refractivity contribution >= 4 is 23.3 Å². The van der Waals surface area contributed by atoms with E-state index in [-0.39, 0.29) is 22.5 Å². The number of aromatic carboxylic acids is 2. The van der Waals surface area contributed by atoms with Crippen LogP contribution < -0.4 is 11.5 Å². The topological polar surface area (TPSA) is 127 Å². The third-order valence-corrected chi connectivity index (χ3v) is 6.15. The van der Waals surface area contributed by atoms with Gasteiger partial charge in [-0.15, -0.1) is 0 Å². The molecule has 33 heavy (non-hydrogen) atoms. The Kier molecular flexibility index (Phi) is 4.64. The maximum atomic E-state index is 11.8. The van der Waals surface area contributed by atoms with Crippen LogP contribution in [0.15, 0.2) is 72.8 Å². The highest BCUT2D eigenvalue weighted by Crippen LogP contribution is 2.46. The monoisotopic (exact) mass is 436 g/mol. The molecule has 0 bridgehead atoms. The minimum Gasteiger partial charge on any atom is -0.478 e. The molecule has 6 nitrogen and oxygen atoms in total. The van der Waals surface area contributed by atoms with E-state index in [1.807, 2.05) is 24.3 Å². The van der Waals surface area contributed by atoms with Crippen molar-refractivity contribution in [2.45, 2.75) is 6.42 Å². The minimum absolute atomic E-state index is 0.0192. The zero-order valence-electron chi connectivity index (χ0n) is 17.5. The Labute approximate surface area is 189 Å². The van der Waals surface area contributed by atoms with Crippen LogP contribution in [0.25, 0.3) is 33.4 Å². The first kappa shape index (κ1) is 20.3. The number of nitrogens with two attached hydrogens (primary N) is 2. The van der Waals surface area contributed by atoms with Gasteiger partial charge in [0.2, 0.25) is 0 Å². The molecule has 162 valence electrons. The zero-order valence-corrected chi connectivity index (χ0v) is 17.5. The Morgan fingerprint density at radius 3 is 1.91 bits per heavy atom. The molecule has 0 aromatic heterocycles. The van der Waals surface area contributed by atoms with Crippen molar-refractivity contribution in [3.63, 3.8) is 0 Å². The third-order valence-electron chi connectivity index (χ3n) is 6.15. The third kappa shape index (κ3) is 3.29. The largest absolute Gasteiger partial charge is 0.478 e. The molecular formula is C27H20N2O4. The van der Waals surface area contributed by atoms with E-state index in [1.54, 1.807) is 36.4 Å². The van der Waals surface area contributed by atoms with Crippen LogP contribution in [0.5, 0.6) is 0 Å². The first-order valence-corrected chi connectivity index (χ1v) is 10.4. The molecule has 6 heteroatoms. The fourth-order valence-corrected chi connectivity index (χ4v) is 4.59. The van der Waals surface area contributed by atoms with Crippen LogP contribution in [0.2, 0.25) is 0 Å². The number of fused-ring (bicyclic) bond motifs is 3. The highest BCUT2D eigenvalue weighted by Gasteiger charge is 2.25. The number of anilines is 2. The smallest absolute Gasteiger partial charge is 0.337 e. The van der Waals surface area contributed by atoms with Crippen LogP contribution in [-0.2, 0) is 6.42 Å². The lowest BCUT2D eigenvalue weighted by Crippen LogP contribution is -2.04. The molecule has 0 radical (unpaired) electrons. The van der Waals surface area contributed by atoms with Gasteiger partial charge in [0, 0.05) is 11.4 Å². The van der Waals surface area contributed by atoms with Gasteiger partial charge in [-0.2, -0.15) is 0 Å². The van der Waals surface area contributed by atoms with Gasteiger partial charge in [0.1, 0.15) is 0 Å². The van der Waals surface area contributed by atoms with Gasteiger partial charge in [-0.25, -0.2) is 9.59 Å². The van der Waals surface area contributed by atoms with E-state index in [2.05, 4.69) is 12.1 Å². The van der Waals surface area contributed by atoms with E-state index in [1.165, 1.54) is 5.56 Å². The van der Waals surface area contributed by atoms with Crippen molar-refractivity contribution in [3.05, 3.63) is 95.1 Å². The van der Waals surface area contributed by atoms with E-state index in [4.69, 9.17) is 11.5 Å². The number of rotatable bonds is 4. The summed E-state index contributed by atoms with van der Waals surface area (Å²) >= 11 is 0. The van der Waals surface area contributed by atoms with Gasteiger partial charge in [0.15, 0.2) is 0 Å². The van der Waals surface area contributed by atoms with Crippen molar-refractivity contribution in [3.8, 4) is 33.4 Å². The summed E-state index contributed by atoms with van der Waals surface area (Å²) in [6.07, 6.45) is 0.683. The summed E-state index contributed by atoms with van der Waals surface area (Å²) in [5, 5.41) is 19.2. The molecule has 5 rings (SSSR count). The van der Waals surface area contributed by atoms with Gasteiger partial charge in [-0.3, -0.25) is 0 Å². The molecule has 1 aliphatic carbocycles. The summed E-state index contributed by atoms with van der Waals surface area (Å²) < 4.78 is 0. The number of hydrogen-bond donors (Lipinski definition) is 4. The Morgan fingerprint density at radius 2 is 1.24 bits per heavy atom. The van der Waals surface area contributed by atoms with Crippen LogP contribution in [-0.4, -0.2) is 22.2 Å². The molecule has 0 amide bonds. The standard InChI is InChI=1S/C27H20N2O4/c28-23-9-5-15(12-21(23)26(30)31)18-7-8-19-17-4-2-1-3-14(17)11-20(19)25(18)16-6-10-24(29)22(13-16)27(32)33/h1-10,12-13H,11,28-29H2,(H,30,31)(H,32,33). The number of carbonyl (C=O) groups is 2. The Balaban J connectivity index is 1.82. The molecule has 0 heterocycles. The number of nitrogen functional groups attached to an aromatic ring is 2. The molecule has 0 aliphatic heterocycles. The molecule has 6 N–H and O–H groups in total. The number of carboxylic acids is 2. The summed E-state index contributed by atoms with van der Waals surface area (Å²) in [6.45, 7) is 0. The summed E-state index contributed by atoms with van der Waals surface area (Å²) in [5.41, 5.74) is 19.7. The second-order valence-electron chi connectivity index (χ2n) is 8.06. The molecule has 0 spiro atoms. The number of carboxylic acid groups (broad SMARTS) is 2. The number of hydrogen-bond acceptors (Lipinski definition) is 4. The molecule has 0 unspecified atom stereocenters. The van der Waals surface area contributed by atoms with Gasteiger partial charge in [0.05, 0.1) is 11.1 Å². The molecule has 4 aromatic rings. The second kappa shape index (κ2) is 7.53. The van der Waals surface area contributed by atoms with Gasteiger partial charge in [0.25, 0.3) is 0 Å². The van der Waals surface area contributed by atoms with Gasteiger partial charge < -0.3 is 21.7 Å². The first-order chi connectivity index (χ1) is 15.8. The lowest BCUT2D eigenvalue weighted by Gasteiger charge is -2.17. The predicted molar refractivity (Wildman–Crippen MR) is 128 cm³/mol. The van der Waals surface area contributed by atoms with E-state index in [0.29, 0.717) is 17.5 Å². The van der Waals surface area contributed by atoms with Crippen LogP contribution in [0.4, 0.5) is 11.4 Å². The first-order valence-electron chi connectivity index (χ1n) is 10.4. The Hall–Kier alpha value is -4.58. The molecule has 0 saturated heterocycles. The average molecular weight is 436 g/mol. The van der Waals surface area contributed by atoms with E-state index < -0.39 is 11.9 Å². The van der Waals surface area contributed by atoms with Crippen molar-refractivity contribution in [1.82, 2.24) is 0 Å². The maximum absolute atomic E-state index is 11.8. The van der Waals surface area contributed by atoms with Crippen LogP contribution in [0, 0.1) is 0 Å². The summed E-state index contributed by atoms with van der Waals surface area (Å²) in [7, 11) is 0. The second-order valence-corrected chi connectivity index (χ2v) is 8.06. The average Bonchev–Trinajstić information content (AvgIpc) is 3.17. The molecule has 0 saturated carbocycles. The lowest BCUT2D eigenvalue weighted by atomic mass is 9.86. The predicted octanol–water partition coefficient (Wildman–Crippen LogP) is 5.15. The van der Waals surface area contributed by atoms with Crippen molar-refractivity contribution in [2.75, 3.05) is 11.5 Å². The van der Waals surface area contributed by atoms with Crippen molar-refractivity contribution in [1.29, 1.82) is 0 Å². The summed E-state index contributed by atoms with van der Waals surface area (Å²) in [6, 6.07) is 22.0. The zero-order chi connectivity index (χ0) is 23.3. The van der Waals surface area contributed by atoms with Crippen LogP contribution in [0.3, 0.4) is 0 Å². The van der Waals surface area contributed by atoms with Crippen molar-refractivity contribution in [2.24, 2.45) is 0 Å². The highest BCUT2D eigenvalue weighted by atomic mass is 16.4. The van der Waals surface area contributed by atoms with Gasteiger partial charge >= 0.3 is 11.9 Å². The fourth-order valence-electron chi connectivity index (χ4n) is 4.59. The lowest BCUT2D eigenvalue weighted by molar-refractivity contribution is 0.0687. The summed E-state index contributed by atoms with van der Waals surface area (Å²) in [5.74, 6) is -2.21. The van der Waals surface area contributed by atoms with Crippen LogP contribution >= 0.6 is 0 Å². The van der Waals surface area contributed by atoms with Crippen LogP contribution in [0.1, 0.15) is 31.8 Å².